The summed E-state index contributed by atoms with van der Waals surface area (Å²) in [7, 11) is 2.16. The molecular weight excluding hydrogens is 386 g/mol. The number of ether oxygens (including phenoxy) is 1. The van der Waals surface area contributed by atoms with Crippen molar-refractivity contribution in [1.29, 1.82) is 0 Å². The number of amides is 1. The number of carbonyl (C=O) groups is 1. The van der Waals surface area contributed by atoms with Crippen LogP contribution >= 0.6 is 0 Å². The molecule has 0 radical (unpaired) electrons. The molecule has 1 aliphatic heterocycles. The zero-order valence-corrected chi connectivity index (χ0v) is 18.0. The Labute approximate surface area is 184 Å². The molecule has 0 unspecified atom stereocenters. The zero-order chi connectivity index (χ0) is 21.5. The maximum absolute atomic E-state index is 12.8. The largest absolute Gasteiger partial charge is 0.488 e. The van der Waals surface area contributed by atoms with Gasteiger partial charge in [-0.2, -0.15) is 0 Å². The Morgan fingerprint density at radius 2 is 1.52 bits per heavy atom. The number of para-hydroxylation sites is 1. The van der Waals surface area contributed by atoms with Gasteiger partial charge in [-0.05, 0) is 42.4 Å². The Hall–Kier alpha value is -3.31. The molecule has 31 heavy (non-hydrogen) atoms. The summed E-state index contributed by atoms with van der Waals surface area (Å²) in [6.07, 6.45) is 0. The minimum Gasteiger partial charge on any atom is -0.488 e. The molecule has 1 saturated heterocycles. The number of hydrogen-bond acceptors (Lipinski definition) is 4. The Morgan fingerprint density at radius 3 is 2.26 bits per heavy atom. The number of hydrogen-bond donors (Lipinski definition) is 1. The van der Waals surface area contributed by atoms with Crippen LogP contribution in [0, 0.1) is 0 Å². The van der Waals surface area contributed by atoms with Crippen LogP contribution < -0.4 is 15.0 Å². The Kier molecular flexibility index (Phi) is 6.85. The molecule has 0 aromatic heterocycles. The van der Waals surface area contributed by atoms with Gasteiger partial charge in [0.25, 0.3) is 5.91 Å². The van der Waals surface area contributed by atoms with Gasteiger partial charge in [0.1, 0.15) is 12.4 Å². The van der Waals surface area contributed by atoms with E-state index in [1.54, 1.807) is 6.07 Å². The molecule has 3 aromatic carbocycles. The standard InChI is InChI=1S/C26H29N3O2/c1-28-15-17-29(18-16-28)23-13-11-21(12-14-23)19-27-26(30)24-9-5-6-10-25(24)31-20-22-7-3-2-4-8-22/h2-14H,15-20H2,1H3,(H,27,30). The van der Waals surface area contributed by atoms with Crippen LogP contribution in [-0.2, 0) is 13.2 Å². The lowest BCUT2D eigenvalue weighted by molar-refractivity contribution is 0.0946. The molecule has 1 amide bonds. The second-order valence-corrected chi connectivity index (χ2v) is 7.91. The third kappa shape index (κ3) is 5.64. The summed E-state index contributed by atoms with van der Waals surface area (Å²) in [5, 5.41) is 3.02. The van der Waals surface area contributed by atoms with Crippen molar-refractivity contribution in [2.75, 3.05) is 38.1 Å². The van der Waals surface area contributed by atoms with E-state index in [4.69, 9.17) is 4.74 Å². The van der Waals surface area contributed by atoms with E-state index < -0.39 is 0 Å². The maximum atomic E-state index is 12.8. The molecule has 0 aliphatic carbocycles. The average molecular weight is 416 g/mol. The number of likely N-dealkylation sites (N-methyl/N-ethyl adjacent to an activating group) is 1. The monoisotopic (exact) mass is 415 g/mol. The first-order chi connectivity index (χ1) is 15.2. The van der Waals surface area contributed by atoms with E-state index >= 15 is 0 Å². The highest BCUT2D eigenvalue weighted by atomic mass is 16.5. The number of anilines is 1. The summed E-state index contributed by atoms with van der Waals surface area (Å²) in [6, 6.07) is 25.8. The van der Waals surface area contributed by atoms with E-state index in [-0.39, 0.29) is 5.91 Å². The van der Waals surface area contributed by atoms with Gasteiger partial charge in [-0.15, -0.1) is 0 Å². The number of benzene rings is 3. The molecule has 0 atom stereocenters. The second-order valence-electron chi connectivity index (χ2n) is 7.91. The fourth-order valence-corrected chi connectivity index (χ4v) is 3.68. The fraction of sp³-hybridized carbons (Fsp3) is 0.269. The second kappa shape index (κ2) is 10.1. The smallest absolute Gasteiger partial charge is 0.255 e. The first-order valence-electron chi connectivity index (χ1n) is 10.8. The summed E-state index contributed by atoms with van der Waals surface area (Å²) >= 11 is 0. The molecule has 0 saturated carbocycles. The molecule has 5 heteroatoms. The van der Waals surface area contributed by atoms with Gasteiger partial charge >= 0.3 is 0 Å². The molecule has 0 bridgehead atoms. The first-order valence-corrected chi connectivity index (χ1v) is 10.8. The van der Waals surface area contributed by atoms with Crippen molar-refractivity contribution in [3.63, 3.8) is 0 Å². The van der Waals surface area contributed by atoms with E-state index in [1.807, 2.05) is 48.5 Å². The number of piperazine rings is 1. The van der Waals surface area contributed by atoms with Crippen LogP contribution in [0.5, 0.6) is 5.75 Å². The van der Waals surface area contributed by atoms with Crippen LogP contribution in [0.2, 0.25) is 0 Å². The predicted molar refractivity (Wildman–Crippen MR) is 125 cm³/mol. The van der Waals surface area contributed by atoms with Crippen molar-refractivity contribution in [3.05, 3.63) is 95.6 Å². The molecule has 5 nitrogen and oxygen atoms in total. The molecular formula is C26H29N3O2. The Morgan fingerprint density at radius 1 is 0.839 bits per heavy atom. The molecule has 1 heterocycles. The summed E-state index contributed by atoms with van der Waals surface area (Å²) in [5.41, 5.74) is 3.93. The third-order valence-electron chi connectivity index (χ3n) is 5.63. The van der Waals surface area contributed by atoms with E-state index in [0.717, 1.165) is 37.3 Å². The van der Waals surface area contributed by atoms with Gasteiger partial charge in [-0.25, -0.2) is 0 Å². The minimum atomic E-state index is -0.133. The van der Waals surface area contributed by atoms with Crippen molar-refractivity contribution in [2.24, 2.45) is 0 Å². The van der Waals surface area contributed by atoms with Gasteiger partial charge in [0.05, 0.1) is 5.56 Å². The lowest BCUT2D eigenvalue weighted by Gasteiger charge is -2.34. The van der Waals surface area contributed by atoms with Crippen LogP contribution in [-0.4, -0.2) is 44.0 Å². The lowest BCUT2D eigenvalue weighted by atomic mass is 10.1. The summed E-state index contributed by atoms with van der Waals surface area (Å²) in [4.78, 5) is 17.5. The van der Waals surface area contributed by atoms with Gasteiger partial charge in [0, 0.05) is 38.4 Å². The highest BCUT2D eigenvalue weighted by molar-refractivity contribution is 5.96. The molecule has 1 aliphatic rings. The number of nitrogens with one attached hydrogen (secondary N) is 1. The van der Waals surface area contributed by atoms with Crippen LogP contribution in [0.25, 0.3) is 0 Å². The SMILES string of the molecule is CN1CCN(c2ccc(CNC(=O)c3ccccc3OCc3ccccc3)cc2)CC1. The number of rotatable bonds is 7. The average Bonchev–Trinajstić information content (AvgIpc) is 2.83. The molecule has 4 rings (SSSR count). The molecule has 3 aromatic rings. The summed E-state index contributed by atoms with van der Waals surface area (Å²) < 4.78 is 5.92. The molecule has 160 valence electrons. The minimum absolute atomic E-state index is 0.133. The van der Waals surface area contributed by atoms with Gasteiger partial charge < -0.3 is 19.9 Å². The third-order valence-corrected chi connectivity index (χ3v) is 5.63. The van der Waals surface area contributed by atoms with Gasteiger partial charge in [-0.3, -0.25) is 4.79 Å². The topological polar surface area (TPSA) is 44.8 Å². The normalized spacial score (nSPS) is 14.3. The van der Waals surface area contributed by atoms with Crippen molar-refractivity contribution in [1.82, 2.24) is 10.2 Å². The van der Waals surface area contributed by atoms with Crippen LogP contribution in [0.4, 0.5) is 5.69 Å². The molecule has 1 N–H and O–H groups in total. The van der Waals surface area contributed by atoms with Gasteiger partial charge in [0.2, 0.25) is 0 Å². The van der Waals surface area contributed by atoms with Crippen molar-refractivity contribution in [3.8, 4) is 5.75 Å². The zero-order valence-electron chi connectivity index (χ0n) is 18.0. The Bertz CT molecular complexity index is 981. The maximum Gasteiger partial charge on any atom is 0.255 e. The number of nitrogens with zero attached hydrogens (tertiary/aromatic N) is 2. The van der Waals surface area contributed by atoms with Crippen molar-refractivity contribution in [2.45, 2.75) is 13.2 Å². The lowest BCUT2D eigenvalue weighted by Crippen LogP contribution is -2.44. The highest BCUT2D eigenvalue weighted by Gasteiger charge is 2.15. The summed E-state index contributed by atoms with van der Waals surface area (Å²) in [5.74, 6) is 0.459. The number of carbonyl (C=O) groups excluding carboxylic acids is 1. The summed E-state index contributed by atoms with van der Waals surface area (Å²) in [6.45, 7) is 5.18. The quantitative estimate of drug-likeness (QED) is 0.635. The van der Waals surface area contributed by atoms with Crippen LogP contribution in [0.3, 0.4) is 0 Å². The fourth-order valence-electron chi connectivity index (χ4n) is 3.68. The molecule has 1 fully saturated rings. The van der Waals surface area contributed by atoms with E-state index in [0.29, 0.717) is 24.5 Å². The van der Waals surface area contributed by atoms with E-state index in [1.165, 1.54) is 5.69 Å². The van der Waals surface area contributed by atoms with Gasteiger partial charge in [0.15, 0.2) is 0 Å². The van der Waals surface area contributed by atoms with Crippen LogP contribution in [0.15, 0.2) is 78.9 Å². The first kappa shape index (κ1) is 20.9. The van der Waals surface area contributed by atoms with E-state index in [2.05, 4.69) is 46.4 Å². The molecule has 0 spiro atoms. The van der Waals surface area contributed by atoms with E-state index in [9.17, 15) is 4.79 Å². The Balaban J connectivity index is 1.33. The van der Waals surface area contributed by atoms with Gasteiger partial charge in [-0.1, -0.05) is 54.6 Å². The van der Waals surface area contributed by atoms with Crippen LogP contribution in [0.1, 0.15) is 21.5 Å². The highest BCUT2D eigenvalue weighted by Crippen LogP contribution is 2.20. The predicted octanol–water partition coefficient (Wildman–Crippen LogP) is 3.95. The van der Waals surface area contributed by atoms with Crippen molar-refractivity contribution < 1.29 is 9.53 Å². The van der Waals surface area contributed by atoms with Crippen molar-refractivity contribution >= 4 is 11.6 Å².